The molecule has 0 amide bonds. The number of unbranched alkanes of at least 4 members (excludes halogenated alkanes) is 2. The first-order chi connectivity index (χ1) is 16.0. The summed E-state index contributed by atoms with van der Waals surface area (Å²) in [7, 11) is 0. The first-order valence-corrected chi connectivity index (χ1v) is 12.1. The van der Waals surface area contributed by atoms with Crippen molar-refractivity contribution >= 4 is 5.97 Å². The Morgan fingerprint density at radius 1 is 0.909 bits per heavy atom. The van der Waals surface area contributed by atoms with Gasteiger partial charge in [-0.25, -0.2) is 0 Å². The number of hydrogen-bond acceptors (Lipinski definition) is 3. The minimum absolute atomic E-state index is 0.218. The number of aliphatic hydroxyl groups excluding tert-OH is 1. The molecule has 0 aromatic heterocycles. The Morgan fingerprint density at radius 3 is 2.24 bits per heavy atom. The molecule has 0 fully saturated rings. The molecule has 1 unspecified atom stereocenters. The third-order valence-corrected chi connectivity index (χ3v) is 6.22. The standard InChI is InChI=1S/C30H36O3/c1-5-7-8-9-23-10-16-29(24(6-2)19-23)26-13-17-28(21(3)18-26)25-11-14-27(15-12-25)33-30(32)22(4)20-31/h10-19,22,31H,5-9,20H2,1-4H3. The molecule has 0 radical (unpaired) electrons. The van der Waals surface area contributed by atoms with Crippen molar-refractivity contribution in [2.45, 2.75) is 59.8 Å². The van der Waals surface area contributed by atoms with Crippen LogP contribution in [0.1, 0.15) is 56.7 Å². The zero-order chi connectivity index (χ0) is 23.8. The first kappa shape index (κ1) is 24.7. The smallest absolute Gasteiger partial charge is 0.316 e. The van der Waals surface area contributed by atoms with Gasteiger partial charge in [-0.3, -0.25) is 4.79 Å². The largest absolute Gasteiger partial charge is 0.426 e. The summed E-state index contributed by atoms with van der Waals surface area (Å²) >= 11 is 0. The highest BCUT2D eigenvalue weighted by atomic mass is 16.5. The Labute approximate surface area is 198 Å². The van der Waals surface area contributed by atoms with Gasteiger partial charge in [0, 0.05) is 0 Å². The maximum atomic E-state index is 11.9. The lowest BCUT2D eigenvalue weighted by Gasteiger charge is -2.14. The van der Waals surface area contributed by atoms with Crippen molar-refractivity contribution in [3.8, 4) is 28.0 Å². The van der Waals surface area contributed by atoms with Crippen LogP contribution in [0.3, 0.4) is 0 Å². The third-order valence-electron chi connectivity index (χ3n) is 6.22. The van der Waals surface area contributed by atoms with E-state index in [1.807, 2.05) is 12.1 Å². The fraction of sp³-hybridized carbons (Fsp3) is 0.367. The molecule has 0 aliphatic carbocycles. The molecular formula is C30H36O3. The van der Waals surface area contributed by atoms with Gasteiger partial charge in [0.25, 0.3) is 0 Å². The lowest BCUT2D eigenvalue weighted by molar-refractivity contribution is -0.139. The summed E-state index contributed by atoms with van der Waals surface area (Å²) < 4.78 is 5.33. The second-order valence-corrected chi connectivity index (χ2v) is 8.86. The summed E-state index contributed by atoms with van der Waals surface area (Å²) in [5, 5.41) is 9.10. The Balaban J connectivity index is 1.79. The van der Waals surface area contributed by atoms with Crippen molar-refractivity contribution in [2.75, 3.05) is 6.61 Å². The van der Waals surface area contributed by atoms with Gasteiger partial charge in [-0.2, -0.15) is 0 Å². The molecular weight excluding hydrogens is 408 g/mol. The molecule has 0 saturated heterocycles. The average Bonchev–Trinajstić information content (AvgIpc) is 2.84. The quantitative estimate of drug-likeness (QED) is 0.205. The van der Waals surface area contributed by atoms with E-state index in [0.717, 1.165) is 24.0 Å². The Morgan fingerprint density at radius 2 is 1.61 bits per heavy atom. The van der Waals surface area contributed by atoms with Crippen LogP contribution in [0.2, 0.25) is 0 Å². The van der Waals surface area contributed by atoms with Crippen molar-refractivity contribution < 1.29 is 14.6 Å². The number of carbonyl (C=O) groups excluding carboxylic acids is 1. The molecule has 0 heterocycles. The molecule has 3 rings (SSSR count). The molecule has 3 nitrogen and oxygen atoms in total. The molecule has 0 spiro atoms. The van der Waals surface area contributed by atoms with Crippen molar-refractivity contribution in [1.29, 1.82) is 0 Å². The number of aliphatic hydroxyl groups is 1. The van der Waals surface area contributed by atoms with Crippen LogP contribution in [0, 0.1) is 12.8 Å². The number of esters is 1. The maximum absolute atomic E-state index is 11.9. The van der Waals surface area contributed by atoms with Crippen molar-refractivity contribution in [2.24, 2.45) is 5.92 Å². The number of ether oxygens (including phenoxy) is 1. The van der Waals surface area contributed by atoms with Gasteiger partial charge in [0.05, 0.1) is 12.5 Å². The minimum Gasteiger partial charge on any atom is -0.426 e. The van der Waals surface area contributed by atoms with Crippen LogP contribution >= 0.6 is 0 Å². The second-order valence-electron chi connectivity index (χ2n) is 8.86. The summed E-state index contributed by atoms with van der Waals surface area (Å²) in [5.41, 5.74) is 8.85. The fourth-order valence-electron chi connectivity index (χ4n) is 4.10. The van der Waals surface area contributed by atoms with Crippen molar-refractivity contribution in [3.63, 3.8) is 0 Å². The first-order valence-electron chi connectivity index (χ1n) is 12.1. The maximum Gasteiger partial charge on any atom is 0.316 e. The van der Waals surface area contributed by atoms with Crippen LogP contribution in [-0.4, -0.2) is 17.7 Å². The summed E-state index contributed by atoms with van der Waals surface area (Å²) in [6.07, 6.45) is 5.97. The van der Waals surface area contributed by atoms with E-state index in [2.05, 4.69) is 57.2 Å². The number of benzene rings is 3. The topological polar surface area (TPSA) is 46.5 Å². The van der Waals surface area contributed by atoms with Gasteiger partial charge in [0.2, 0.25) is 0 Å². The lowest BCUT2D eigenvalue weighted by atomic mass is 9.91. The summed E-state index contributed by atoms with van der Waals surface area (Å²) in [5.74, 6) is -0.461. The van der Waals surface area contributed by atoms with E-state index in [9.17, 15) is 4.79 Å². The number of carbonyl (C=O) groups is 1. The van der Waals surface area contributed by atoms with E-state index >= 15 is 0 Å². The lowest BCUT2D eigenvalue weighted by Crippen LogP contribution is -2.20. The average molecular weight is 445 g/mol. The Bertz CT molecular complexity index is 1070. The predicted octanol–water partition coefficient (Wildman–Crippen LogP) is 7.16. The summed E-state index contributed by atoms with van der Waals surface area (Å²) in [6, 6.07) is 21.1. The molecule has 0 bridgehead atoms. The monoisotopic (exact) mass is 444 g/mol. The molecule has 0 aliphatic heterocycles. The zero-order valence-electron chi connectivity index (χ0n) is 20.4. The Hall–Kier alpha value is -2.91. The van der Waals surface area contributed by atoms with Gasteiger partial charge in [-0.05, 0) is 84.2 Å². The predicted molar refractivity (Wildman–Crippen MR) is 137 cm³/mol. The highest BCUT2D eigenvalue weighted by molar-refractivity contribution is 5.77. The van der Waals surface area contributed by atoms with Crippen LogP contribution in [0.5, 0.6) is 5.75 Å². The molecule has 3 aromatic rings. The van der Waals surface area contributed by atoms with E-state index < -0.39 is 11.9 Å². The van der Waals surface area contributed by atoms with Crippen LogP contribution in [-0.2, 0) is 17.6 Å². The van der Waals surface area contributed by atoms with Gasteiger partial charge in [-0.1, -0.05) is 75.2 Å². The normalized spacial score (nSPS) is 11.9. The van der Waals surface area contributed by atoms with E-state index in [1.165, 1.54) is 47.1 Å². The van der Waals surface area contributed by atoms with E-state index in [1.54, 1.807) is 19.1 Å². The molecule has 1 N–H and O–H groups in total. The number of rotatable bonds is 10. The highest BCUT2D eigenvalue weighted by Gasteiger charge is 2.14. The van der Waals surface area contributed by atoms with Crippen LogP contribution in [0.4, 0.5) is 0 Å². The van der Waals surface area contributed by atoms with Gasteiger partial charge in [0.1, 0.15) is 5.75 Å². The van der Waals surface area contributed by atoms with Gasteiger partial charge < -0.3 is 9.84 Å². The summed E-state index contributed by atoms with van der Waals surface area (Å²) in [4.78, 5) is 11.9. The summed E-state index contributed by atoms with van der Waals surface area (Å²) in [6.45, 7) is 8.04. The molecule has 33 heavy (non-hydrogen) atoms. The second kappa shape index (κ2) is 11.8. The SMILES string of the molecule is CCCCCc1ccc(-c2ccc(-c3ccc(OC(=O)C(C)CO)cc3)c(C)c2)c(CC)c1. The van der Waals surface area contributed by atoms with Gasteiger partial charge >= 0.3 is 5.97 Å². The van der Waals surface area contributed by atoms with Crippen LogP contribution < -0.4 is 4.74 Å². The minimum atomic E-state index is -0.530. The third kappa shape index (κ3) is 6.33. The van der Waals surface area contributed by atoms with Crippen molar-refractivity contribution in [3.05, 3.63) is 77.4 Å². The zero-order valence-corrected chi connectivity index (χ0v) is 20.4. The van der Waals surface area contributed by atoms with Gasteiger partial charge in [-0.15, -0.1) is 0 Å². The molecule has 174 valence electrons. The van der Waals surface area contributed by atoms with Gasteiger partial charge in [0.15, 0.2) is 0 Å². The molecule has 0 saturated carbocycles. The highest BCUT2D eigenvalue weighted by Crippen LogP contribution is 2.32. The van der Waals surface area contributed by atoms with E-state index in [-0.39, 0.29) is 6.61 Å². The van der Waals surface area contributed by atoms with E-state index in [0.29, 0.717) is 5.75 Å². The van der Waals surface area contributed by atoms with Crippen molar-refractivity contribution in [1.82, 2.24) is 0 Å². The molecule has 0 aliphatic rings. The number of aryl methyl sites for hydroxylation is 3. The fourth-order valence-corrected chi connectivity index (χ4v) is 4.10. The number of hydrogen-bond donors (Lipinski definition) is 1. The molecule has 3 heteroatoms. The van der Waals surface area contributed by atoms with E-state index in [4.69, 9.17) is 9.84 Å². The van der Waals surface area contributed by atoms with Crippen LogP contribution in [0.25, 0.3) is 22.3 Å². The van der Waals surface area contributed by atoms with Crippen LogP contribution in [0.15, 0.2) is 60.7 Å². The molecule has 1 atom stereocenters. The Kier molecular flexibility index (Phi) is 8.85. The molecule has 3 aromatic carbocycles.